The molecule has 6 nitrogen and oxygen atoms in total. The fraction of sp³-hybridized carbons (Fsp3) is 0.227. The van der Waals surface area contributed by atoms with Crippen molar-refractivity contribution in [2.45, 2.75) is 25.3 Å². The normalized spacial score (nSPS) is 17.1. The molecule has 1 atom stereocenters. The lowest BCUT2D eigenvalue weighted by atomic mass is 10.1. The Balaban J connectivity index is 1.56. The number of carbonyl (C=O) groups is 2. The minimum absolute atomic E-state index is 0.111. The molecule has 0 radical (unpaired) electrons. The summed E-state index contributed by atoms with van der Waals surface area (Å²) >= 11 is 1.60. The van der Waals surface area contributed by atoms with Crippen molar-refractivity contribution in [2.75, 3.05) is 6.54 Å². The van der Waals surface area contributed by atoms with Gasteiger partial charge in [0.15, 0.2) is 0 Å². The van der Waals surface area contributed by atoms with E-state index in [2.05, 4.69) is 10.6 Å². The van der Waals surface area contributed by atoms with Crippen LogP contribution in [-0.2, 0) is 9.59 Å². The van der Waals surface area contributed by atoms with Crippen LogP contribution >= 0.6 is 11.3 Å². The zero-order valence-corrected chi connectivity index (χ0v) is 16.7. The van der Waals surface area contributed by atoms with E-state index in [9.17, 15) is 9.59 Å². The van der Waals surface area contributed by atoms with E-state index in [0.717, 1.165) is 34.7 Å². The lowest BCUT2D eigenvalue weighted by molar-refractivity contribution is -0.126. The maximum absolute atomic E-state index is 12.4. The van der Waals surface area contributed by atoms with E-state index in [4.69, 9.17) is 5.10 Å². The summed E-state index contributed by atoms with van der Waals surface area (Å²) in [5, 5.41) is 12.4. The Morgan fingerprint density at radius 2 is 2.07 bits per heavy atom. The smallest absolute Gasteiger partial charge is 0.244 e. The monoisotopic (exact) mass is 406 g/mol. The minimum atomic E-state index is -0.474. The van der Waals surface area contributed by atoms with Crippen molar-refractivity contribution in [3.8, 4) is 16.3 Å². The van der Waals surface area contributed by atoms with Crippen LogP contribution in [0.1, 0.15) is 24.8 Å². The molecule has 0 bridgehead atoms. The van der Waals surface area contributed by atoms with Crippen LogP contribution < -0.4 is 10.6 Å². The largest absolute Gasteiger partial charge is 0.354 e. The summed E-state index contributed by atoms with van der Waals surface area (Å²) in [6.45, 7) is 0.671. The number of rotatable bonds is 5. The van der Waals surface area contributed by atoms with Crippen LogP contribution in [0, 0.1) is 0 Å². The van der Waals surface area contributed by atoms with Gasteiger partial charge in [-0.1, -0.05) is 24.3 Å². The molecular formula is C22H22N4O2S. The highest BCUT2D eigenvalue weighted by atomic mass is 32.1. The van der Waals surface area contributed by atoms with E-state index >= 15 is 0 Å². The first-order chi connectivity index (χ1) is 14.2. The molecule has 4 rings (SSSR count). The fourth-order valence-corrected chi connectivity index (χ4v) is 4.02. The molecule has 1 aromatic carbocycles. The molecule has 7 heteroatoms. The molecule has 1 saturated heterocycles. The van der Waals surface area contributed by atoms with Gasteiger partial charge in [-0.2, -0.15) is 5.10 Å². The highest BCUT2D eigenvalue weighted by Crippen LogP contribution is 2.28. The van der Waals surface area contributed by atoms with Gasteiger partial charge in [-0.25, -0.2) is 4.68 Å². The molecule has 1 aliphatic rings. The van der Waals surface area contributed by atoms with Gasteiger partial charge in [0.25, 0.3) is 0 Å². The van der Waals surface area contributed by atoms with Crippen molar-refractivity contribution in [1.29, 1.82) is 0 Å². The molecule has 1 fully saturated rings. The summed E-state index contributed by atoms with van der Waals surface area (Å²) in [6.07, 6.45) is 7.66. The van der Waals surface area contributed by atoms with Gasteiger partial charge >= 0.3 is 0 Å². The van der Waals surface area contributed by atoms with Crippen LogP contribution in [0.3, 0.4) is 0 Å². The number of hydrogen-bond donors (Lipinski definition) is 2. The third-order valence-corrected chi connectivity index (χ3v) is 5.66. The Morgan fingerprint density at radius 3 is 2.86 bits per heavy atom. The van der Waals surface area contributed by atoms with Crippen LogP contribution in [0.5, 0.6) is 0 Å². The molecule has 0 aliphatic carbocycles. The number of aromatic nitrogens is 2. The Labute approximate surface area is 173 Å². The quantitative estimate of drug-likeness (QED) is 0.638. The average molecular weight is 407 g/mol. The third kappa shape index (κ3) is 4.63. The summed E-state index contributed by atoms with van der Waals surface area (Å²) < 4.78 is 1.81. The van der Waals surface area contributed by atoms with E-state index in [0.29, 0.717) is 13.0 Å². The first-order valence-corrected chi connectivity index (χ1v) is 10.5. The molecule has 1 aliphatic heterocycles. The molecule has 2 aromatic heterocycles. The molecule has 148 valence electrons. The molecule has 0 saturated carbocycles. The molecule has 2 N–H and O–H groups in total. The number of nitrogens with zero attached hydrogens (tertiary/aromatic N) is 2. The predicted molar refractivity (Wildman–Crippen MR) is 115 cm³/mol. The first kappa shape index (κ1) is 19.1. The highest BCUT2D eigenvalue weighted by Gasteiger charge is 2.21. The fourth-order valence-electron chi connectivity index (χ4n) is 3.29. The van der Waals surface area contributed by atoms with Gasteiger partial charge in [-0.05, 0) is 48.9 Å². The minimum Gasteiger partial charge on any atom is -0.354 e. The lowest BCUT2D eigenvalue weighted by Crippen LogP contribution is -2.44. The number of amides is 2. The first-order valence-electron chi connectivity index (χ1n) is 9.66. The van der Waals surface area contributed by atoms with Crippen LogP contribution in [0.2, 0.25) is 0 Å². The SMILES string of the molecule is O=C(C=Cc1cn(-c2ccccc2)nc1-c1cccs1)NC1CCCCNC1=O. The van der Waals surface area contributed by atoms with Gasteiger partial charge in [0, 0.05) is 24.4 Å². The van der Waals surface area contributed by atoms with Crippen molar-refractivity contribution in [3.05, 3.63) is 65.7 Å². The summed E-state index contributed by atoms with van der Waals surface area (Å²) in [6, 6.07) is 13.4. The van der Waals surface area contributed by atoms with Crippen LogP contribution in [0.4, 0.5) is 0 Å². The van der Waals surface area contributed by atoms with Crippen molar-refractivity contribution in [1.82, 2.24) is 20.4 Å². The Hall–Kier alpha value is -3.19. The summed E-state index contributed by atoms with van der Waals surface area (Å²) in [4.78, 5) is 25.5. The van der Waals surface area contributed by atoms with Gasteiger partial charge in [-0.3, -0.25) is 9.59 Å². The second-order valence-electron chi connectivity index (χ2n) is 6.87. The molecule has 29 heavy (non-hydrogen) atoms. The molecule has 3 aromatic rings. The second kappa shape index (κ2) is 8.87. The summed E-state index contributed by atoms with van der Waals surface area (Å²) in [5.74, 6) is -0.392. The van der Waals surface area contributed by atoms with E-state index in [1.54, 1.807) is 17.4 Å². The average Bonchev–Trinajstić information content (AvgIpc) is 3.37. The van der Waals surface area contributed by atoms with E-state index in [-0.39, 0.29) is 11.8 Å². The van der Waals surface area contributed by atoms with Crippen LogP contribution in [-0.4, -0.2) is 34.2 Å². The second-order valence-corrected chi connectivity index (χ2v) is 7.82. The van der Waals surface area contributed by atoms with Gasteiger partial charge in [-0.15, -0.1) is 11.3 Å². The summed E-state index contributed by atoms with van der Waals surface area (Å²) in [7, 11) is 0. The third-order valence-electron chi connectivity index (χ3n) is 4.78. The molecule has 0 spiro atoms. The van der Waals surface area contributed by atoms with Crippen molar-refractivity contribution < 1.29 is 9.59 Å². The maximum atomic E-state index is 12.4. The van der Waals surface area contributed by atoms with Gasteiger partial charge in [0.05, 0.1) is 10.6 Å². The number of para-hydroxylation sites is 1. The molecule has 2 amide bonds. The Bertz CT molecular complexity index is 1010. The number of carbonyl (C=O) groups excluding carboxylic acids is 2. The van der Waals surface area contributed by atoms with Crippen molar-refractivity contribution in [3.63, 3.8) is 0 Å². The maximum Gasteiger partial charge on any atom is 0.244 e. The predicted octanol–water partition coefficient (Wildman–Crippen LogP) is 3.40. The molecular weight excluding hydrogens is 384 g/mol. The number of hydrogen-bond acceptors (Lipinski definition) is 4. The summed E-state index contributed by atoms with van der Waals surface area (Å²) in [5.41, 5.74) is 2.61. The Kier molecular flexibility index (Phi) is 5.86. The van der Waals surface area contributed by atoms with Crippen molar-refractivity contribution >= 4 is 29.2 Å². The highest BCUT2D eigenvalue weighted by molar-refractivity contribution is 7.13. The topological polar surface area (TPSA) is 76.0 Å². The van der Waals surface area contributed by atoms with Gasteiger partial charge in [0.1, 0.15) is 11.7 Å². The van der Waals surface area contributed by atoms with Crippen LogP contribution in [0.25, 0.3) is 22.3 Å². The standard InChI is InChI=1S/C22H22N4O2S/c27-20(24-18-9-4-5-13-23-22(18)28)12-11-16-15-26(17-7-2-1-3-8-17)25-21(16)19-10-6-14-29-19/h1-3,6-8,10-12,14-15,18H,4-5,9,13H2,(H,23,28)(H,24,27). The van der Waals surface area contributed by atoms with Gasteiger partial charge < -0.3 is 10.6 Å². The zero-order chi connectivity index (χ0) is 20.1. The van der Waals surface area contributed by atoms with Crippen molar-refractivity contribution in [2.24, 2.45) is 0 Å². The number of thiophene rings is 1. The molecule has 3 heterocycles. The van der Waals surface area contributed by atoms with Gasteiger partial charge in [0.2, 0.25) is 11.8 Å². The number of benzene rings is 1. The Morgan fingerprint density at radius 1 is 1.21 bits per heavy atom. The van der Waals surface area contributed by atoms with Crippen LogP contribution in [0.15, 0.2) is 60.1 Å². The zero-order valence-electron chi connectivity index (χ0n) is 15.9. The lowest BCUT2D eigenvalue weighted by Gasteiger charge is -2.13. The van der Waals surface area contributed by atoms with E-state index in [1.165, 1.54) is 6.08 Å². The van der Waals surface area contributed by atoms with E-state index in [1.807, 2.05) is 58.7 Å². The van der Waals surface area contributed by atoms with E-state index < -0.39 is 6.04 Å². The molecule has 1 unspecified atom stereocenters. The number of nitrogens with one attached hydrogen (secondary N) is 2.